The van der Waals surface area contributed by atoms with Crippen molar-refractivity contribution in [3.05, 3.63) is 29.8 Å². The number of benzene rings is 1. The van der Waals surface area contributed by atoms with Gasteiger partial charge in [0.15, 0.2) is 0 Å². The van der Waals surface area contributed by atoms with Gasteiger partial charge in [0.2, 0.25) is 0 Å². The number of nitrogens with zero attached hydrogens (tertiary/aromatic N) is 1. The molecule has 1 saturated heterocycles. The summed E-state index contributed by atoms with van der Waals surface area (Å²) in [6, 6.07) is 8.27. The van der Waals surface area contributed by atoms with Crippen LogP contribution in [0.1, 0.15) is 45.6 Å². The molecular formula is C18H25NNaO3+. The molecule has 2 aliphatic heterocycles. The summed E-state index contributed by atoms with van der Waals surface area (Å²) in [5, 5.41) is 0. The summed E-state index contributed by atoms with van der Waals surface area (Å²) < 4.78 is 11.8. The zero-order valence-electron chi connectivity index (χ0n) is 14.7. The van der Waals surface area contributed by atoms with Crippen LogP contribution < -0.4 is 34.3 Å². The van der Waals surface area contributed by atoms with Gasteiger partial charge in [-0.3, -0.25) is 0 Å². The van der Waals surface area contributed by atoms with Gasteiger partial charge in [-0.15, -0.1) is 0 Å². The molecule has 1 spiro atoms. The van der Waals surface area contributed by atoms with Crippen molar-refractivity contribution in [2.45, 2.75) is 57.7 Å². The van der Waals surface area contributed by atoms with Crippen LogP contribution in [0.4, 0.5) is 4.79 Å². The van der Waals surface area contributed by atoms with Gasteiger partial charge in [0, 0.05) is 25.9 Å². The molecule has 0 saturated carbocycles. The Bertz CT molecular complexity index is 560. The minimum atomic E-state index is -0.438. The number of rotatable bonds is 0. The topological polar surface area (TPSA) is 38.8 Å². The summed E-state index contributed by atoms with van der Waals surface area (Å²) in [5.74, 6) is 1.01. The van der Waals surface area contributed by atoms with E-state index in [-0.39, 0.29) is 41.3 Å². The Hall–Kier alpha value is -0.710. The molecule has 5 heteroatoms. The van der Waals surface area contributed by atoms with E-state index in [9.17, 15) is 4.79 Å². The van der Waals surface area contributed by atoms with Crippen LogP contribution in [0, 0.1) is 0 Å². The molecule has 4 nitrogen and oxygen atoms in total. The molecule has 0 unspecified atom stereocenters. The van der Waals surface area contributed by atoms with E-state index >= 15 is 0 Å². The van der Waals surface area contributed by atoms with E-state index in [2.05, 4.69) is 18.2 Å². The van der Waals surface area contributed by atoms with E-state index in [4.69, 9.17) is 9.47 Å². The molecule has 1 aromatic carbocycles. The van der Waals surface area contributed by atoms with E-state index < -0.39 is 5.60 Å². The van der Waals surface area contributed by atoms with Gasteiger partial charge >= 0.3 is 35.7 Å². The number of likely N-dealkylation sites (tertiary alicyclic amines) is 1. The fourth-order valence-electron chi connectivity index (χ4n) is 3.23. The monoisotopic (exact) mass is 326 g/mol. The van der Waals surface area contributed by atoms with Gasteiger partial charge in [-0.2, -0.15) is 0 Å². The number of fused-ring (bicyclic) bond motifs is 1. The minimum absolute atomic E-state index is 0. The predicted molar refractivity (Wildman–Crippen MR) is 85.2 cm³/mol. The van der Waals surface area contributed by atoms with Crippen LogP contribution in [0.25, 0.3) is 0 Å². The van der Waals surface area contributed by atoms with Crippen LogP contribution in [0.15, 0.2) is 24.3 Å². The van der Waals surface area contributed by atoms with Gasteiger partial charge in [-0.05, 0) is 45.2 Å². The number of ether oxygens (including phenoxy) is 2. The van der Waals surface area contributed by atoms with Gasteiger partial charge in [0.25, 0.3) is 0 Å². The zero-order valence-corrected chi connectivity index (χ0v) is 16.7. The molecule has 1 fully saturated rings. The quantitative estimate of drug-likeness (QED) is 0.662. The zero-order chi connectivity index (χ0) is 15.8. The van der Waals surface area contributed by atoms with Crippen molar-refractivity contribution in [2.75, 3.05) is 13.1 Å². The molecule has 0 radical (unpaired) electrons. The SMILES string of the molecule is CC(C)(C)OC(=O)N1CCC2(CCc3ccccc3O2)CC1.[Na+]. The average Bonchev–Trinajstić information content (AvgIpc) is 2.46. The second-order valence-corrected chi connectivity index (χ2v) is 7.36. The van der Waals surface area contributed by atoms with Crippen molar-refractivity contribution < 1.29 is 43.8 Å². The van der Waals surface area contributed by atoms with Crippen molar-refractivity contribution in [1.82, 2.24) is 4.90 Å². The Morgan fingerprint density at radius 3 is 2.48 bits per heavy atom. The number of carbonyl (C=O) groups is 1. The molecule has 0 aromatic heterocycles. The number of amides is 1. The van der Waals surface area contributed by atoms with E-state index in [0.717, 1.165) is 31.4 Å². The summed E-state index contributed by atoms with van der Waals surface area (Å²) in [7, 11) is 0. The maximum absolute atomic E-state index is 12.1. The first-order valence-electron chi connectivity index (χ1n) is 8.12. The minimum Gasteiger partial charge on any atom is -0.487 e. The van der Waals surface area contributed by atoms with E-state index in [0.29, 0.717) is 13.1 Å². The Labute approximate surface area is 160 Å². The predicted octanol–water partition coefficient (Wildman–Crippen LogP) is 0.785. The Kier molecular flexibility index (Phi) is 5.70. The van der Waals surface area contributed by atoms with Gasteiger partial charge in [0.1, 0.15) is 17.0 Å². The Morgan fingerprint density at radius 1 is 1.17 bits per heavy atom. The molecule has 23 heavy (non-hydrogen) atoms. The van der Waals surface area contributed by atoms with Crippen molar-refractivity contribution in [2.24, 2.45) is 0 Å². The largest absolute Gasteiger partial charge is 1.00 e. The standard InChI is InChI=1S/C18H25NO3.Na/c1-17(2,3)22-16(20)19-12-10-18(11-13-19)9-8-14-6-4-5-7-15(14)21-18;/h4-7H,8-13H2,1-3H3;/q;+1. The number of hydrogen-bond acceptors (Lipinski definition) is 3. The van der Waals surface area contributed by atoms with Crippen LogP contribution >= 0.6 is 0 Å². The number of piperidine rings is 1. The summed E-state index contributed by atoms with van der Waals surface area (Å²) in [5.41, 5.74) is 0.752. The van der Waals surface area contributed by atoms with Gasteiger partial charge in [-0.1, -0.05) is 18.2 Å². The maximum atomic E-state index is 12.1. The van der Waals surface area contributed by atoms with Crippen LogP contribution in [0.2, 0.25) is 0 Å². The molecule has 2 aliphatic rings. The van der Waals surface area contributed by atoms with Crippen molar-refractivity contribution >= 4 is 6.09 Å². The van der Waals surface area contributed by atoms with Crippen molar-refractivity contribution in [1.29, 1.82) is 0 Å². The van der Waals surface area contributed by atoms with Crippen molar-refractivity contribution in [3.63, 3.8) is 0 Å². The first-order chi connectivity index (χ1) is 10.4. The third kappa shape index (κ3) is 4.43. The fourth-order valence-corrected chi connectivity index (χ4v) is 3.23. The smallest absolute Gasteiger partial charge is 0.487 e. The summed E-state index contributed by atoms with van der Waals surface area (Å²) >= 11 is 0. The molecule has 3 rings (SSSR count). The van der Waals surface area contributed by atoms with Crippen molar-refractivity contribution in [3.8, 4) is 5.75 Å². The fraction of sp³-hybridized carbons (Fsp3) is 0.611. The van der Waals surface area contributed by atoms with Crippen LogP contribution in [-0.4, -0.2) is 35.3 Å². The number of carbonyl (C=O) groups excluding carboxylic acids is 1. The Balaban J connectivity index is 0.00000192. The molecule has 2 heterocycles. The number of para-hydroxylation sites is 1. The molecular weight excluding hydrogens is 301 g/mol. The molecule has 1 aromatic rings. The van der Waals surface area contributed by atoms with E-state index in [1.807, 2.05) is 26.8 Å². The molecule has 0 bridgehead atoms. The van der Waals surface area contributed by atoms with E-state index in [1.54, 1.807) is 4.90 Å². The summed E-state index contributed by atoms with van der Waals surface area (Å²) in [6.45, 7) is 7.11. The Morgan fingerprint density at radius 2 is 1.83 bits per heavy atom. The second kappa shape index (κ2) is 7.04. The average molecular weight is 326 g/mol. The van der Waals surface area contributed by atoms with Crippen LogP contribution in [-0.2, 0) is 11.2 Å². The molecule has 0 N–H and O–H groups in total. The first-order valence-corrected chi connectivity index (χ1v) is 8.12. The third-order valence-electron chi connectivity index (χ3n) is 4.48. The normalized spacial score (nSPS) is 19.3. The van der Waals surface area contributed by atoms with Gasteiger partial charge in [0.05, 0.1) is 0 Å². The van der Waals surface area contributed by atoms with Gasteiger partial charge < -0.3 is 14.4 Å². The second-order valence-electron chi connectivity index (χ2n) is 7.36. The maximum Gasteiger partial charge on any atom is 1.00 e. The summed E-state index contributed by atoms with van der Waals surface area (Å²) in [4.78, 5) is 14.0. The summed E-state index contributed by atoms with van der Waals surface area (Å²) in [6.07, 6.45) is 3.63. The van der Waals surface area contributed by atoms with Crippen LogP contribution in [0.3, 0.4) is 0 Å². The molecule has 1 amide bonds. The van der Waals surface area contributed by atoms with Gasteiger partial charge in [-0.25, -0.2) is 4.79 Å². The van der Waals surface area contributed by atoms with E-state index in [1.165, 1.54) is 5.56 Å². The first kappa shape index (κ1) is 18.6. The number of aryl methyl sites for hydroxylation is 1. The molecule has 0 aliphatic carbocycles. The molecule has 120 valence electrons. The number of hydrogen-bond donors (Lipinski definition) is 0. The molecule has 0 atom stereocenters. The van der Waals surface area contributed by atoms with Crippen LogP contribution in [0.5, 0.6) is 5.75 Å². The third-order valence-corrected chi connectivity index (χ3v) is 4.48.